The van der Waals surface area contributed by atoms with Crippen LogP contribution in [0.5, 0.6) is 0 Å². The first kappa shape index (κ1) is 7.56. The van der Waals surface area contributed by atoms with Crippen LogP contribution in [0.15, 0.2) is 0 Å². The molecule has 64 valence electrons. The first-order valence-electron chi connectivity index (χ1n) is 4.66. The summed E-state index contributed by atoms with van der Waals surface area (Å²) in [6, 6.07) is 0.831. The monoisotopic (exact) mass is 155 g/mol. The molecule has 0 N–H and O–H groups in total. The minimum Gasteiger partial charge on any atom is -0.381 e. The van der Waals surface area contributed by atoms with Crippen molar-refractivity contribution in [1.82, 2.24) is 4.90 Å². The molecule has 2 unspecified atom stereocenters. The maximum absolute atomic E-state index is 5.53. The third-order valence-corrected chi connectivity index (χ3v) is 3.08. The summed E-state index contributed by atoms with van der Waals surface area (Å²) in [5.41, 5.74) is 0. The molecule has 2 saturated heterocycles. The number of likely N-dealkylation sites (tertiary alicyclic amines) is 1. The number of fused-ring (bicyclic) bond motifs is 1. The zero-order chi connectivity index (χ0) is 7.68. The zero-order valence-corrected chi connectivity index (χ0v) is 7.25. The molecule has 0 saturated carbocycles. The van der Waals surface area contributed by atoms with Gasteiger partial charge in [0, 0.05) is 12.6 Å². The van der Waals surface area contributed by atoms with Gasteiger partial charge in [0.05, 0.1) is 6.61 Å². The van der Waals surface area contributed by atoms with Crippen LogP contribution in [-0.2, 0) is 4.74 Å². The summed E-state index contributed by atoms with van der Waals surface area (Å²) in [7, 11) is 2.25. The summed E-state index contributed by atoms with van der Waals surface area (Å²) in [6.07, 6.45) is 3.95. The Bertz CT molecular complexity index is 138. The van der Waals surface area contributed by atoms with E-state index in [1.54, 1.807) is 0 Å². The molecule has 2 heterocycles. The first-order valence-corrected chi connectivity index (χ1v) is 4.66. The van der Waals surface area contributed by atoms with Gasteiger partial charge in [-0.15, -0.1) is 0 Å². The Kier molecular flexibility index (Phi) is 2.14. The van der Waals surface area contributed by atoms with Crippen LogP contribution in [0.4, 0.5) is 0 Å². The first-order chi connectivity index (χ1) is 5.38. The molecule has 0 amide bonds. The van der Waals surface area contributed by atoms with Gasteiger partial charge in [-0.05, 0) is 38.8 Å². The Hall–Kier alpha value is -0.0800. The van der Waals surface area contributed by atoms with E-state index < -0.39 is 0 Å². The lowest BCUT2D eigenvalue weighted by molar-refractivity contribution is 0.112. The van der Waals surface area contributed by atoms with E-state index in [0.29, 0.717) is 0 Å². The van der Waals surface area contributed by atoms with Crippen molar-refractivity contribution in [3.05, 3.63) is 0 Å². The van der Waals surface area contributed by atoms with Gasteiger partial charge in [-0.2, -0.15) is 0 Å². The smallest absolute Gasteiger partial charge is 0.0509 e. The van der Waals surface area contributed by atoms with Crippen LogP contribution < -0.4 is 0 Å². The highest BCUT2D eigenvalue weighted by atomic mass is 16.5. The normalized spacial score (nSPS) is 40.1. The summed E-state index contributed by atoms with van der Waals surface area (Å²) in [5.74, 6) is 0.836. The quantitative estimate of drug-likeness (QED) is 0.519. The summed E-state index contributed by atoms with van der Waals surface area (Å²) in [6.45, 7) is 3.27. The van der Waals surface area contributed by atoms with E-state index >= 15 is 0 Å². The summed E-state index contributed by atoms with van der Waals surface area (Å²) < 4.78 is 5.53. The van der Waals surface area contributed by atoms with Gasteiger partial charge in [0.2, 0.25) is 0 Å². The van der Waals surface area contributed by atoms with E-state index in [2.05, 4.69) is 11.9 Å². The van der Waals surface area contributed by atoms with E-state index in [-0.39, 0.29) is 0 Å². The van der Waals surface area contributed by atoms with Gasteiger partial charge in [-0.1, -0.05) is 0 Å². The standard InChI is InChI=1S/C9H17NO/c1-10-5-4-8-7-11-6-2-3-9(8)10/h8-9H,2-7H2,1H3. The van der Waals surface area contributed by atoms with E-state index in [4.69, 9.17) is 4.74 Å². The fourth-order valence-electron chi connectivity index (χ4n) is 2.37. The largest absolute Gasteiger partial charge is 0.381 e. The average molecular weight is 155 g/mol. The molecule has 0 aromatic carbocycles. The van der Waals surface area contributed by atoms with E-state index in [1.807, 2.05) is 0 Å². The molecule has 0 bridgehead atoms. The molecular formula is C9H17NO. The SMILES string of the molecule is CN1CCC2COCCCC21. The fourth-order valence-corrected chi connectivity index (χ4v) is 2.37. The topological polar surface area (TPSA) is 12.5 Å². The van der Waals surface area contributed by atoms with Crippen molar-refractivity contribution in [3.8, 4) is 0 Å². The molecule has 2 atom stereocenters. The van der Waals surface area contributed by atoms with Crippen molar-refractivity contribution in [2.75, 3.05) is 26.8 Å². The summed E-state index contributed by atoms with van der Waals surface area (Å²) in [4.78, 5) is 2.50. The number of hydrogen-bond donors (Lipinski definition) is 0. The lowest BCUT2D eigenvalue weighted by Crippen LogP contribution is -2.29. The Morgan fingerprint density at radius 2 is 2.27 bits per heavy atom. The Balaban J connectivity index is 2.00. The van der Waals surface area contributed by atoms with E-state index in [0.717, 1.165) is 25.2 Å². The molecule has 2 aliphatic heterocycles. The second kappa shape index (κ2) is 3.11. The van der Waals surface area contributed by atoms with E-state index in [1.165, 1.54) is 25.8 Å². The average Bonchev–Trinajstić information content (AvgIpc) is 2.25. The van der Waals surface area contributed by atoms with Gasteiger partial charge in [0.1, 0.15) is 0 Å². The molecule has 11 heavy (non-hydrogen) atoms. The number of ether oxygens (including phenoxy) is 1. The second-order valence-electron chi connectivity index (χ2n) is 3.81. The van der Waals surface area contributed by atoms with Crippen molar-refractivity contribution < 1.29 is 4.74 Å². The van der Waals surface area contributed by atoms with Crippen LogP contribution in [0.1, 0.15) is 19.3 Å². The fraction of sp³-hybridized carbons (Fsp3) is 1.00. The zero-order valence-electron chi connectivity index (χ0n) is 7.25. The van der Waals surface area contributed by atoms with Crippen molar-refractivity contribution in [2.24, 2.45) is 5.92 Å². The Labute approximate surface area is 68.5 Å². The molecule has 2 aliphatic rings. The van der Waals surface area contributed by atoms with Gasteiger partial charge in [-0.25, -0.2) is 0 Å². The highest BCUT2D eigenvalue weighted by molar-refractivity contribution is 4.86. The van der Waals surface area contributed by atoms with Gasteiger partial charge in [0.15, 0.2) is 0 Å². The minimum atomic E-state index is 0.831. The van der Waals surface area contributed by atoms with Gasteiger partial charge >= 0.3 is 0 Å². The second-order valence-corrected chi connectivity index (χ2v) is 3.81. The molecule has 0 aromatic heterocycles. The van der Waals surface area contributed by atoms with Crippen LogP contribution in [0, 0.1) is 5.92 Å². The summed E-state index contributed by atoms with van der Waals surface area (Å²) in [5, 5.41) is 0. The van der Waals surface area contributed by atoms with Crippen LogP contribution in [0.25, 0.3) is 0 Å². The molecule has 2 heteroatoms. The van der Waals surface area contributed by atoms with Gasteiger partial charge in [0.25, 0.3) is 0 Å². The van der Waals surface area contributed by atoms with Gasteiger partial charge < -0.3 is 9.64 Å². The molecule has 0 radical (unpaired) electrons. The number of rotatable bonds is 0. The summed E-state index contributed by atoms with van der Waals surface area (Å²) >= 11 is 0. The van der Waals surface area contributed by atoms with Crippen molar-refractivity contribution >= 4 is 0 Å². The van der Waals surface area contributed by atoms with Crippen LogP contribution >= 0.6 is 0 Å². The molecule has 2 nitrogen and oxygen atoms in total. The highest BCUT2D eigenvalue weighted by Crippen LogP contribution is 2.28. The molecular weight excluding hydrogens is 138 g/mol. The van der Waals surface area contributed by atoms with Crippen molar-refractivity contribution in [1.29, 1.82) is 0 Å². The molecule has 2 fully saturated rings. The van der Waals surface area contributed by atoms with Crippen LogP contribution in [0.3, 0.4) is 0 Å². The van der Waals surface area contributed by atoms with Crippen LogP contribution in [-0.4, -0.2) is 37.7 Å². The maximum atomic E-state index is 5.53. The predicted molar refractivity (Wildman–Crippen MR) is 44.6 cm³/mol. The van der Waals surface area contributed by atoms with Crippen molar-refractivity contribution in [2.45, 2.75) is 25.3 Å². The molecule has 0 aromatic rings. The number of hydrogen-bond acceptors (Lipinski definition) is 2. The lowest BCUT2D eigenvalue weighted by Gasteiger charge is -2.21. The molecule has 0 spiro atoms. The van der Waals surface area contributed by atoms with Gasteiger partial charge in [-0.3, -0.25) is 0 Å². The van der Waals surface area contributed by atoms with E-state index in [9.17, 15) is 0 Å². The van der Waals surface area contributed by atoms with Crippen molar-refractivity contribution in [3.63, 3.8) is 0 Å². The number of nitrogens with zero attached hydrogens (tertiary/aromatic N) is 1. The third-order valence-electron chi connectivity index (χ3n) is 3.08. The predicted octanol–water partition coefficient (Wildman–Crippen LogP) is 1.12. The van der Waals surface area contributed by atoms with Crippen LogP contribution in [0.2, 0.25) is 0 Å². The highest BCUT2D eigenvalue weighted by Gasteiger charge is 2.32. The lowest BCUT2D eigenvalue weighted by atomic mass is 9.99. The maximum Gasteiger partial charge on any atom is 0.0509 e. The Morgan fingerprint density at radius 3 is 3.18 bits per heavy atom. The molecule has 0 aliphatic carbocycles. The third kappa shape index (κ3) is 1.42. The minimum absolute atomic E-state index is 0.831. The Morgan fingerprint density at radius 1 is 1.36 bits per heavy atom. The molecule has 2 rings (SSSR count).